The van der Waals surface area contributed by atoms with Crippen molar-refractivity contribution in [3.05, 3.63) is 11.9 Å². The first-order valence-corrected chi connectivity index (χ1v) is 7.74. The second kappa shape index (κ2) is 8.74. The lowest BCUT2D eigenvalue weighted by Crippen LogP contribution is -2.40. The minimum Gasteiger partial charge on any atom is -0.378 e. The molecule has 0 aliphatic carbocycles. The quantitative estimate of drug-likeness (QED) is 0.692. The third-order valence-electron chi connectivity index (χ3n) is 3.61. The van der Waals surface area contributed by atoms with Crippen LogP contribution >= 0.6 is 0 Å². The molecule has 2 heterocycles. The Morgan fingerprint density at radius 3 is 2.86 bits per heavy atom. The number of unbranched alkanes of at least 4 members (excludes halogenated alkanes) is 1. The molecule has 2 N–H and O–H groups in total. The topological polar surface area (TPSA) is 86.3 Å². The lowest BCUT2D eigenvalue weighted by Gasteiger charge is -2.26. The smallest absolute Gasteiger partial charge is 0.222 e. The van der Waals surface area contributed by atoms with E-state index in [1.54, 1.807) is 0 Å². The van der Waals surface area contributed by atoms with Crippen molar-refractivity contribution < 1.29 is 9.53 Å². The number of nitrogens with zero attached hydrogens (tertiary/aromatic N) is 4. The Morgan fingerprint density at radius 1 is 1.29 bits per heavy atom. The molecule has 7 nitrogen and oxygen atoms in total. The number of carbonyl (C=O) groups is 1. The first-order chi connectivity index (χ1) is 10.3. The van der Waals surface area contributed by atoms with Gasteiger partial charge in [0.2, 0.25) is 5.91 Å². The van der Waals surface area contributed by atoms with Crippen molar-refractivity contribution in [3.8, 4) is 0 Å². The Kier molecular flexibility index (Phi) is 6.62. The van der Waals surface area contributed by atoms with Crippen molar-refractivity contribution in [1.82, 2.24) is 19.9 Å². The third kappa shape index (κ3) is 5.43. The molecule has 21 heavy (non-hydrogen) atoms. The van der Waals surface area contributed by atoms with E-state index in [1.165, 1.54) is 0 Å². The normalized spacial score (nSPS) is 15.4. The van der Waals surface area contributed by atoms with Gasteiger partial charge in [0.15, 0.2) is 0 Å². The van der Waals surface area contributed by atoms with E-state index in [1.807, 2.05) is 15.8 Å². The molecule has 2 rings (SSSR count). The Labute approximate surface area is 125 Å². The summed E-state index contributed by atoms with van der Waals surface area (Å²) in [6, 6.07) is 0. The molecule has 0 bridgehead atoms. The molecule has 1 fully saturated rings. The number of aryl methyl sites for hydroxylation is 2. The van der Waals surface area contributed by atoms with Crippen LogP contribution in [0.5, 0.6) is 0 Å². The van der Waals surface area contributed by atoms with E-state index in [-0.39, 0.29) is 5.91 Å². The summed E-state index contributed by atoms with van der Waals surface area (Å²) in [6.45, 7) is 4.20. The average Bonchev–Trinajstić information content (AvgIpc) is 2.96. The van der Waals surface area contributed by atoms with E-state index in [0.717, 1.165) is 44.5 Å². The number of morpholine rings is 1. The predicted octanol–water partition coefficient (Wildman–Crippen LogP) is 0.199. The first kappa shape index (κ1) is 15.9. The highest BCUT2D eigenvalue weighted by Crippen LogP contribution is 2.05. The standard InChI is InChI=1S/C14H25N5O2/c15-6-2-1-4-13-12-19(17-16-13)7-3-5-14(20)18-8-10-21-11-9-18/h12H,1-11,15H2. The van der Waals surface area contributed by atoms with Gasteiger partial charge in [-0.2, -0.15) is 0 Å². The van der Waals surface area contributed by atoms with E-state index >= 15 is 0 Å². The first-order valence-electron chi connectivity index (χ1n) is 7.74. The maximum Gasteiger partial charge on any atom is 0.222 e. The molecule has 1 aliphatic rings. The molecule has 118 valence electrons. The monoisotopic (exact) mass is 295 g/mol. The molecular formula is C14H25N5O2. The van der Waals surface area contributed by atoms with Gasteiger partial charge in [0, 0.05) is 32.3 Å². The summed E-state index contributed by atoms with van der Waals surface area (Å²) in [7, 11) is 0. The summed E-state index contributed by atoms with van der Waals surface area (Å²) in [5.41, 5.74) is 6.47. The minimum absolute atomic E-state index is 0.210. The molecule has 0 unspecified atom stereocenters. The number of aromatic nitrogens is 3. The van der Waals surface area contributed by atoms with Gasteiger partial charge < -0.3 is 15.4 Å². The Balaban J connectivity index is 1.64. The van der Waals surface area contributed by atoms with Crippen molar-refractivity contribution in [2.75, 3.05) is 32.8 Å². The lowest BCUT2D eigenvalue weighted by molar-refractivity contribution is -0.135. The summed E-state index contributed by atoms with van der Waals surface area (Å²) in [5, 5.41) is 8.23. The largest absolute Gasteiger partial charge is 0.378 e. The zero-order chi connectivity index (χ0) is 14.9. The van der Waals surface area contributed by atoms with Gasteiger partial charge in [-0.3, -0.25) is 9.48 Å². The molecule has 1 aromatic rings. The predicted molar refractivity (Wildman–Crippen MR) is 78.6 cm³/mol. The molecule has 0 spiro atoms. The van der Waals surface area contributed by atoms with Crippen LogP contribution < -0.4 is 5.73 Å². The second-order valence-electron chi connectivity index (χ2n) is 5.32. The highest BCUT2D eigenvalue weighted by Gasteiger charge is 2.16. The van der Waals surface area contributed by atoms with Crippen LogP contribution in [0.2, 0.25) is 0 Å². The molecule has 0 aromatic carbocycles. The maximum absolute atomic E-state index is 12.0. The van der Waals surface area contributed by atoms with Gasteiger partial charge in [-0.1, -0.05) is 5.21 Å². The van der Waals surface area contributed by atoms with Gasteiger partial charge in [0.25, 0.3) is 0 Å². The summed E-state index contributed by atoms with van der Waals surface area (Å²) < 4.78 is 7.07. The van der Waals surface area contributed by atoms with Crippen LogP contribution in [-0.2, 0) is 22.5 Å². The Morgan fingerprint density at radius 2 is 2.10 bits per heavy atom. The number of hydrogen-bond acceptors (Lipinski definition) is 5. The summed E-state index contributed by atoms with van der Waals surface area (Å²) in [5.74, 6) is 0.210. The van der Waals surface area contributed by atoms with Gasteiger partial charge in [0.1, 0.15) is 0 Å². The van der Waals surface area contributed by atoms with E-state index in [4.69, 9.17) is 10.5 Å². The summed E-state index contributed by atoms with van der Waals surface area (Å²) in [6.07, 6.45) is 6.30. The van der Waals surface area contributed by atoms with E-state index in [2.05, 4.69) is 10.3 Å². The van der Waals surface area contributed by atoms with Crippen LogP contribution in [0.25, 0.3) is 0 Å². The van der Waals surface area contributed by atoms with Crippen molar-refractivity contribution in [2.24, 2.45) is 5.73 Å². The number of rotatable bonds is 8. The number of nitrogens with two attached hydrogens (primary N) is 1. The molecule has 1 saturated heterocycles. The fourth-order valence-electron chi connectivity index (χ4n) is 2.38. The van der Waals surface area contributed by atoms with Crippen molar-refractivity contribution >= 4 is 5.91 Å². The Bertz CT molecular complexity index is 429. The molecule has 0 saturated carbocycles. The van der Waals surface area contributed by atoms with E-state index in [0.29, 0.717) is 32.7 Å². The van der Waals surface area contributed by atoms with Crippen molar-refractivity contribution in [3.63, 3.8) is 0 Å². The molecule has 1 aromatic heterocycles. The van der Waals surface area contributed by atoms with Gasteiger partial charge in [-0.05, 0) is 32.2 Å². The van der Waals surface area contributed by atoms with Crippen LogP contribution in [0.3, 0.4) is 0 Å². The second-order valence-corrected chi connectivity index (χ2v) is 5.32. The Hall–Kier alpha value is -1.47. The van der Waals surface area contributed by atoms with Gasteiger partial charge in [-0.15, -0.1) is 5.10 Å². The highest BCUT2D eigenvalue weighted by atomic mass is 16.5. The lowest BCUT2D eigenvalue weighted by atomic mass is 10.2. The number of ether oxygens (including phenoxy) is 1. The minimum atomic E-state index is 0.210. The van der Waals surface area contributed by atoms with Gasteiger partial charge >= 0.3 is 0 Å². The van der Waals surface area contributed by atoms with Crippen LogP contribution in [0.4, 0.5) is 0 Å². The third-order valence-corrected chi connectivity index (χ3v) is 3.61. The SMILES string of the molecule is NCCCCc1cn(CCCC(=O)N2CCOCC2)nn1. The molecule has 0 atom stereocenters. The van der Waals surface area contributed by atoms with Crippen molar-refractivity contribution in [1.29, 1.82) is 0 Å². The molecule has 1 aliphatic heterocycles. The fraction of sp³-hybridized carbons (Fsp3) is 0.786. The number of amides is 1. The maximum atomic E-state index is 12.0. The zero-order valence-electron chi connectivity index (χ0n) is 12.5. The van der Waals surface area contributed by atoms with Crippen LogP contribution in [0.1, 0.15) is 31.4 Å². The summed E-state index contributed by atoms with van der Waals surface area (Å²) in [4.78, 5) is 13.9. The van der Waals surface area contributed by atoms with Crippen LogP contribution in [-0.4, -0.2) is 58.6 Å². The van der Waals surface area contributed by atoms with E-state index in [9.17, 15) is 4.79 Å². The molecule has 0 radical (unpaired) electrons. The number of hydrogen-bond donors (Lipinski definition) is 1. The summed E-state index contributed by atoms with van der Waals surface area (Å²) >= 11 is 0. The fourth-order valence-corrected chi connectivity index (χ4v) is 2.38. The number of carbonyl (C=O) groups excluding carboxylic acids is 1. The highest BCUT2D eigenvalue weighted by molar-refractivity contribution is 5.76. The molecule has 7 heteroatoms. The van der Waals surface area contributed by atoms with Crippen LogP contribution in [0, 0.1) is 0 Å². The molecular weight excluding hydrogens is 270 g/mol. The van der Waals surface area contributed by atoms with Gasteiger partial charge in [-0.25, -0.2) is 0 Å². The average molecular weight is 295 g/mol. The van der Waals surface area contributed by atoms with Crippen molar-refractivity contribution in [2.45, 2.75) is 38.6 Å². The van der Waals surface area contributed by atoms with Gasteiger partial charge in [0.05, 0.1) is 18.9 Å². The van der Waals surface area contributed by atoms with E-state index < -0.39 is 0 Å². The van der Waals surface area contributed by atoms with Crippen LogP contribution in [0.15, 0.2) is 6.20 Å². The zero-order valence-corrected chi connectivity index (χ0v) is 12.5. The molecule has 1 amide bonds.